The number of aliphatic carboxylic acids is 1. The highest BCUT2D eigenvalue weighted by Crippen LogP contribution is 2.52. The quantitative estimate of drug-likeness (QED) is 0.261. The van der Waals surface area contributed by atoms with Gasteiger partial charge in [0.05, 0.1) is 24.1 Å². The number of aliphatic imine (C=N–C) groups is 1. The van der Waals surface area contributed by atoms with Crippen LogP contribution in [-0.2, 0) is 9.59 Å². The SMILES string of the molecule is C[C@@H](O)[C@H]1C(=O)N2C(C(=O)O)=C(S[C@@H]3CCN([C@@H]4CC[C@@H](N=C(N)N)C4)C3)[C@H](C)[C@H]12. The third-order valence-corrected chi connectivity index (χ3v) is 8.54. The Hall–Kier alpha value is -1.78. The molecule has 0 bridgehead atoms. The van der Waals surface area contributed by atoms with Gasteiger partial charge in [0.1, 0.15) is 5.70 Å². The van der Waals surface area contributed by atoms with Gasteiger partial charge >= 0.3 is 5.97 Å². The molecule has 0 aromatic carbocycles. The summed E-state index contributed by atoms with van der Waals surface area (Å²) in [6.45, 7) is 5.44. The van der Waals surface area contributed by atoms with Crippen molar-refractivity contribution in [1.29, 1.82) is 0 Å². The van der Waals surface area contributed by atoms with Crippen LogP contribution >= 0.6 is 11.8 Å². The molecule has 4 aliphatic rings. The van der Waals surface area contributed by atoms with E-state index in [0.29, 0.717) is 6.04 Å². The van der Waals surface area contributed by atoms with E-state index in [-0.39, 0.29) is 40.8 Å². The van der Waals surface area contributed by atoms with E-state index in [4.69, 9.17) is 11.5 Å². The standard InChI is InChI=1S/C20H31N5O4S/c1-9-15-14(10(2)26)18(27)25(15)16(19(28)29)17(9)30-13-5-6-24(8-13)12-4-3-11(7-12)23-20(21)22/h9-15,26H,3-8H2,1-2H3,(H,28,29)(H4,21,22,23)/t9-,10-,11-,12-,13-,14-,15-/m1/s1. The van der Waals surface area contributed by atoms with Crippen LogP contribution in [0.1, 0.15) is 39.5 Å². The molecule has 0 aromatic rings. The molecule has 3 aliphatic heterocycles. The first-order valence-electron chi connectivity index (χ1n) is 10.7. The number of nitrogens with two attached hydrogens (primary N) is 2. The first kappa shape index (κ1) is 21.5. The zero-order chi connectivity index (χ0) is 21.7. The molecular weight excluding hydrogens is 406 g/mol. The predicted octanol–water partition coefficient (Wildman–Crippen LogP) is 0.142. The molecule has 2 saturated heterocycles. The van der Waals surface area contributed by atoms with Crippen molar-refractivity contribution in [2.75, 3.05) is 13.1 Å². The van der Waals surface area contributed by atoms with Crippen molar-refractivity contribution in [3.63, 3.8) is 0 Å². The van der Waals surface area contributed by atoms with Gasteiger partial charge in [0.25, 0.3) is 0 Å². The molecule has 3 heterocycles. The smallest absolute Gasteiger partial charge is 0.353 e. The van der Waals surface area contributed by atoms with Gasteiger partial charge in [-0.2, -0.15) is 0 Å². The van der Waals surface area contributed by atoms with E-state index in [2.05, 4.69) is 9.89 Å². The molecule has 10 heteroatoms. The van der Waals surface area contributed by atoms with E-state index in [0.717, 1.165) is 43.7 Å². The Balaban J connectivity index is 1.43. The normalized spacial score (nSPS) is 37.3. The van der Waals surface area contributed by atoms with E-state index in [9.17, 15) is 19.8 Å². The molecule has 6 N–H and O–H groups in total. The maximum atomic E-state index is 12.5. The molecule has 0 unspecified atom stereocenters. The summed E-state index contributed by atoms with van der Waals surface area (Å²) in [5.41, 5.74) is 11.1. The Kier molecular flexibility index (Phi) is 5.75. The van der Waals surface area contributed by atoms with E-state index in [1.54, 1.807) is 18.7 Å². The molecule has 30 heavy (non-hydrogen) atoms. The fraction of sp³-hybridized carbons (Fsp3) is 0.750. The first-order chi connectivity index (χ1) is 14.2. The van der Waals surface area contributed by atoms with Crippen LogP contribution in [-0.4, -0.2) is 80.4 Å². The first-order valence-corrected chi connectivity index (χ1v) is 11.5. The van der Waals surface area contributed by atoms with Crippen molar-refractivity contribution in [3.8, 4) is 0 Å². The van der Waals surface area contributed by atoms with Crippen molar-refractivity contribution >= 4 is 29.6 Å². The second kappa shape index (κ2) is 8.05. The van der Waals surface area contributed by atoms with Crippen LogP contribution in [0.4, 0.5) is 0 Å². The van der Waals surface area contributed by atoms with Gasteiger partial charge < -0.3 is 26.6 Å². The molecule has 0 spiro atoms. The monoisotopic (exact) mass is 437 g/mol. The number of guanidine groups is 1. The maximum Gasteiger partial charge on any atom is 0.353 e. The molecule has 9 nitrogen and oxygen atoms in total. The largest absolute Gasteiger partial charge is 0.477 e. The van der Waals surface area contributed by atoms with Crippen LogP contribution in [0.2, 0.25) is 0 Å². The fourth-order valence-corrected chi connectivity index (χ4v) is 7.13. The number of hydrogen-bond acceptors (Lipinski definition) is 6. The third kappa shape index (κ3) is 3.58. The molecule has 1 saturated carbocycles. The molecule has 4 rings (SSSR count). The minimum atomic E-state index is -1.06. The molecule has 166 valence electrons. The van der Waals surface area contributed by atoms with Gasteiger partial charge in [-0.1, -0.05) is 6.92 Å². The van der Waals surface area contributed by atoms with Gasteiger partial charge in [-0.15, -0.1) is 11.8 Å². The minimum Gasteiger partial charge on any atom is -0.477 e. The summed E-state index contributed by atoms with van der Waals surface area (Å²) in [5.74, 6) is -1.79. The van der Waals surface area contributed by atoms with Gasteiger partial charge in [-0.3, -0.25) is 14.7 Å². The van der Waals surface area contributed by atoms with Gasteiger partial charge in [0.15, 0.2) is 5.96 Å². The van der Waals surface area contributed by atoms with Crippen molar-refractivity contribution in [3.05, 3.63) is 10.6 Å². The molecule has 1 amide bonds. The number of fused-ring (bicyclic) bond motifs is 1. The number of aliphatic hydroxyl groups excluding tert-OH is 1. The zero-order valence-electron chi connectivity index (χ0n) is 17.4. The topological polar surface area (TPSA) is 145 Å². The Morgan fingerprint density at radius 1 is 1.30 bits per heavy atom. The molecule has 3 fully saturated rings. The number of β-lactam (4-membered cyclic amide) rings is 1. The van der Waals surface area contributed by atoms with Gasteiger partial charge in [-0.05, 0) is 39.2 Å². The second-order valence-corrected chi connectivity index (χ2v) is 10.3. The third-order valence-electron chi connectivity index (χ3n) is 7.01. The van der Waals surface area contributed by atoms with Crippen LogP contribution in [0.3, 0.4) is 0 Å². The Bertz CT molecular complexity index is 796. The van der Waals surface area contributed by atoms with Gasteiger partial charge in [0, 0.05) is 28.7 Å². The molecule has 0 radical (unpaired) electrons. The van der Waals surface area contributed by atoms with Crippen molar-refractivity contribution in [2.24, 2.45) is 28.3 Å². The number of carboxylic acid groups (broad SMARTS) is 1. The number of carbonyl (C=O) groups excluding carboxylic acids is 1. The maximum absolute atomic E-state index is 12.5. The zero-order valence-corrected chi connectivity index (χ0v) is 18.2. The lowest BCUT2D eigenvalue weighted by Gasteiger charge is -2.46. The predicted molar refractivity (Wildman–Crippen MR) is 114 cm³/mol. The van der Waals surface area contributed by atoms with Gasteiger partial charge in [-0.25, -0.2) is 4.79 Å². The van der Waals surface area contributed by atoms with Crippen LogP contribution in [0.15, 0.2) is 15.6 Å². The summed E-state index contributed by atoms with van der Waals surface area (Å²) in [6, 6.07) is 0.396. The summed E-state index contributed by atoms with van der Waals surface area (Å²) >= 11 is 1.61. The van der Waals surface area contributed by atoms with E-state index >= 15 is 0 Å². The van der Waals surface area contributed by atoms with Crippen molar-refractivity contribution < 1.29 is 19.8 Å². The van der Waals surface area contributed by atoms with Gasteiger partial charge in [0.2, 0.25) is 5.91 Å². The number of hydrogen-bond donors (Lipinski definition) is 4. The average Bonchev–Trinajstić information content (AvgIpc) is 3.34. The summed E-state index contributed by atoms with van der Waals surface area (Å²) in [5, 5.41) is 20.1. The van der Waals surface area contributed by atoms with E-state index in [1.807, 2.05) is 6.92 Å². The number of carbonyl (C=O) groups is 2. The fourth-order valence-electron chi connectivity index (χ4n) is 5.63. The van der Waals surface area contributed by atoms with Crippen LogP contribution in [0.5, 0.6) is 0 Å². The van der Waals surface area contributed by atoms with Crippen LogP contribution in [0.25, 0.3) is 0 Å². The Morgan fingerprint density at radius 2 is 2.03 bits per heavy atom. The van der Waals surface area contributed by atoms with Crippen LogP contribution in [0, 0.1) is 11.8 Å². The highest BCUT2D eigenvalue weighted by molar-refractivity contribution is 8.03. The number of aliphatic hydroxyl groups is 1. The highest BCUT2D eigenvalue weighted by atomic mass is 32.2. The van der Waals surface area contributed by atoms with Crippen molar-refractivity contribution in [2.45, 2.75) is 69.0 Å². The summed E-state index contributed by atoms with van der Waals surface area (Å²) in [4.78, 5) is 33.4. The Morgan fingerprint density at radius 3 is 2.67 bits per heavy atom. The lowest BCUT2D eigenvalue weighted by atomic mass is 9.79. The number of amides is 1. The summed E-state index contributed by atoms with van der Waals surface area (Å²) in [7, 11) is 0. The molecule has 7 atom stereocenters. The lowest BCUT2D eigenvalue weighted by Crippen LogP contribution is -2.63. The number of carboxylic acids is 1. The lowest BCUT2D eigenvalue weighted by molar-refractivity contribution is -0.163. The average molecular weight is 438 g/mol. The minimum absolute atomic E-state index is 0.0785. The second-order valence-electron chi connectivity index (χ2n) is 8.97. The van der Waals surface area contributed by atoms with E-state index < -0.39 is 18.0 Å². The number of thioether (sulfide) groups is 1. The van der Waals surface area contributed by atoms with Crippen molar-refractivity contribution in [1.82, 2.24) is 9.80 Å². The molecule has 1 aliphatic carbocycles. The van der Waals surface area contributed by atoms with E-state index in [1.165, 1.54) is 4.90 Å². The Labute approximate surface area is 180 Å². The number of likely N-dealkylation sites (tertiary alicyclic amines) is 1. The number of rotatable bonds is 6. The molecular formula is C20H31N5O4S. The number of nitrogens with zero attached hydrogens (tertiary/aromatic N) is 3. The summed E-state index contributed by atoms with van der Waals surface area (Å²) in [6.07, 6.45) is 3.22. The molecule has 0 aromatic heterocycles. The van der Waals surface area contributed by atoms with Crippen LogP contribution < -0.4 is 11.5 Å². The highest BCUT2D eigenvalue weighted by Gasteiger charge is 2.60. The summed E-state index contributed by atoms with van der Waals surface area (Å²) < 4.78 is 0.